The molecule has 7 heteroatoms. The summed E-state index contributed by atoms with van der Waals surface area (Å²) in [6, 6.07) is 12.6. The number of nitrogens with one attached hydrogen (secondary N) is 1. The number of rotatable bonds is 2. The van der Waals surface area contributed by atoms with E-state index in [1.807, 2.05) is 17.0 Å². The van der Waals surface area contributed by atoms with Crippen LogP contribution in [0, 0.1) is 0 Å². The fourth-order valence-electron chi connectivity index (χ4n) is 3.08. The molecule has 0 radical (unpaired) electrons. The molecule has 0 aliphatic carbocycles. The second-order valence-corrected chi connectivity index (χ2v) is 6.42. The van der Waals surface area contributed by atoms with Crippen molar-refractivity contribution in [3.05, 3.63) is 63.6 Å². The largest absolute Gasteiger partial charge is 0.417 e. The van der Waals surface area contributed by atoms with E-state index in [2.05, 4.69) is 9.88 Å². The first-order valence-electron chi connectivity index (χ1n) is 8.03. The van der Waals surface area contributed by atoms with Crippen molar-refractivity contribution in [2.24, 2.45) is 0 Å². The number of hydrogen-bond acceptors (Lipinski definition) is 4. The molecule has 2 heterocycles. The molecule has 1 fully saturated rings. The average molecular weight is 358 g/mol. The summed E-state index contributed by atoms with van der Waals surface area (Å²) < 4.78 is 5.02. The summed E-state index contributed by atoms with van der Waals surface area (Å²) in [6.07, 6.45) is 0. The maximum absolute atomic E-state index is 12.5. The number of amides is 1. The molecular formula is C18H16ClN3O3. The molecule has 2 aromatic carbocycles. The molecule has 1 N–H and O–H groups in total. The van der Waals surface area contributed by atoms with Gasteiger partial charge in [0.1, 0.15) is 0 Å². The zero-order valence-corrected chi connectivity index (χ0v) is 14.1. The topological polar surface area (TPSA) is 69.6 Å². The zero-order chi connectivity index (χ0) is 17.4. The maximum Gasteiger partial charge on any atom is 0.417 e. The van der Waals surface area contributed by atoms with Crippen molar-refractivity contribution in [2.45, 2.75) is 0 Å². The Labute approximate surface area is 148 Å². The van der Waals surface area contributed by atoms with Crippen LogP contribution in [0.3, 0.4) is 0 Å². The fraction of sp³-hybridized carbons (Fsp3) is 0.222. The SMILES string of the molecule is O=C(c1ccc(Cl)cc1)N1CCN(c2ccc3oc(=O)[nH]c3c2)CC1. The number of fused-ring (bicyclic) bond motifs is 1. The molecule has 6 nitrogen and oxygen atoms in total. The minimum absolute atomic E-state index is 0.0194. The van der Waals surface area contributed by atoms with Crippen molar-refractivity contribution in [1.29, 1.82) is 0 Å². The lowest BCUT2D eigenvalue weighted by Crippen LogP contribution is -2.48. The van der Waals surface area contributed by atoms with Crippen LogP contribution in [0.15, 0.2) is 51.7 Å². The van der Waals surface area contributed by atoms with E-state index in [0.717, 1.165) is 18.8 Å². The Bertz CT molecular complexity index is 969. The molecule has 0 saturated carbocycles. The molecule has 1 saturated heterocycles. The zero-order valence-electron chi connectivity index (χ0n) is 13.4. The number of benzene rings is 2. The van der Waals surface area contributed by atoms with Gasteiger partial charge in [-0.3, -0.25) is 9.78 Å². The van der Waals surface area contributed by atoms with E-state index in [0.29, 0.717) is 34.8 Å². The summed E-state index contributed by atoms with van der Waals surface area (Å²) in [5.41, 5.74) is 2.88. The van der Waals surface area contributed by atoms with Gasteiger partial charge >= 0.3 is 5.76 Å². The van der Waals surface area contributed by atoms with E-state index >= 15 is 0 Å². The Kier molecular flexibility index (Phi) is 3.97. The Morgan fingerprint density at radius 2 is 1.76 bits per heavy atom. The number of hydrogen-bond donors (Lipinski definition) is 1. The quantitative estimate of drug-likeness (QED) is 0.765. The Hall–Kier alpha value is -2.73. The van der Waals surface area contributed by atoms with Crippen LogP contribution in [0.4, 0.5) is 5.69 Å². The third-order valence-corrected chi connectivity index (χ3v) is 4.68. The van der Waals surface area contributed by atoms with Gasteiger partial charge in [0, 0.05) is 42.5 Å². The predicted molar refractivity (Wildman–Crippen MR) is 96.4 cm³/mol. The minimum atomic E-state index is -0.453. The highest BCUT2D eigenvalue weighted by Crippen LogP contribution is 2.22. The van der Waals surface area contributed by atoms with E-state index in [1.165, 1.54) is 0 Å². The fourth-order valence-corrected chi connectivity index (χ4v) is 3.21. The monoisotopic (exact) mass is 357 g/mol. The summed E-state index contributed by atoms with van der Waals surface area (Å²) in [7, 11) is 0. The molecule has 1 aromatic heterocycles. The lowest BCUT2D eigenvalue weighted by molar-refractivity contribution is 0.0747. The number of carbonyl (C=O) groups is 1. The van der Waals surface area contributed by atoms with Gasteiger partial charge in [-0.2, -0.15) is 0 Å². The molecule has 25 heavy (non-hydrogen) atoms. The first-order chi connectivity index (χ1) is 12.1. The van der Waals surface area contributed by atoms with E-state index in [-0.39, 0.29) is 5.91 Å². The molecular weight excluding hydrogens is 342 g/mol. The molecule has 1 aliphatic heterocycles. The van der Waals surface area contributed by atoms with Crippen LogP contribution in [-0.4, -0.2) is 42.0 Å². The number of H-pyrrole nitrogens is 1. The van der Waals surface area contributed by atoms with Crippen LogP contribution in [0.2, 0.25) is 5.02 Å². The van der Waals surface area contributed by atoms with E-state index in [4.69, 9.17) is 16.0 Å². The Morgan fingerprint density at radius 1 is 1.04 bits per heavy atom. The van der Waals surface area contributed by atoms with Gasteiger partial charge in [-0.1, -0.05) is 11.6 Å². The number of nitrogens with zero attached hydrogens (tertiary/aromatic N) is 2. The molecule has 3 aromatic rings. The summed E-state index contributed by atoms with van der Waals surface area (Å²) in [5, 5.41) is 0.619. The van der Waals surface area contributed by atoms with E-state index < -0.39 is 5.76 Å². The van der Waals surface area contributed by atoms with Gasteiger partial charge in [0.15, 0.2) is 5.58 Å². The van der Waals surface area contributed by atoms with Crippen LogP contribution in [0.1, 0.15) is 10.4 Å². The molecule has 0 spiro atoms. The molecule has 1 amide bonds. The molecule has 0 bridgehead atoms. The summed E-state index contributed by atoms with van der Waals surface area (Å²) in [5.74, 6) is -0.434. The van der Waals surface area contributed by atoms with Crippen molar-refractivity contribution in [1.82, 2.24) is 9.88 Å². The molecule has 128 valence electrons. The van der Waals surface area contributed by atoms with Crippen LogP contribution in [-0.2, 0) is 0 Å². The number of carbonyl (C=O) groups excluding carboxylic acids is 1. The number of halogens is 1. The number of aromatic amines is 1. The Morgan fingerprint density at radius 3 is 2.48 bits per heavy atom. The van der Waals surface area contributed by atoms with Gasteiger partial charge in [0.2, 0.25) is 0 Å². The van der Waals surface area contributed by atoms with Crippen LogP contribution in [0.25, 0.3) is 11.1 Å². The summed E-state index contributed by atoms with van der Waals surface area (Å²) in [6.45, 7) is 2.74. The third-order valence-electron chi connectivity index (χ3n) is 4.43. The minimum Gasteiger partial charge on any atom is -0.408 e. The van der Waals surface area contributed by atoms with Crippen molar-refractivity contribution >= 4 is 34.3 Å². The highest BCUT2D eigenvalue weighted by atomic mass is 35.5. The summed E-state index contributed by atoms with van der Waals surface area (Å²) in [4.78, 5) is 30.5. The van der Waals surface area contributed by atoms with Crippen LogP contribution >= 0.6 is 11.6 Å². The average Bonchev–Trinajstić information content (AvgIpc) is 3.01. The predicted octanol–water partition coefficient (Wildman–Crippen LogP) is 2.74. The number of aromatic nitrogens is 1. The van der Waals surface area contributed by atoms with Gasteiger partial charge in [-0.15, -0.1) is 0 Å². The van der Waals surface area contributed by atoms with E-state index in [9.17, 15) is 9.59 Å². The van der Waals surface area contributed by atoms with Gasteiger partial charge in [0.05, 0.1) is 5.52 Å². The first kappa shape index (κ1) is 15.8. The highest BCUT2D eigenvalue weighted by Gasteiger charge is 2.22. The second-order valence-electron chi connectivity index (χ2n) is 5.98. The van der Waals surface area contributed by atoms with Gasteiger partial charge in [0.25, 0.3) is 5.91 Å². The van der Waals surface area contributed by atoms with Crippen LogP contribution in [0.5, 0.6) is 0 Å². The standard InChI is InChI=1S/C18H16ClN3O3/c19-13-3-1-12(2-4-13)17(23)22-9-7-21(8-10-22)14-5-6-16-15(11-14)20-18(24)25-16/h1-6,11H,7-10H2,(H,20,24). The first-order valence-corrected chi connectivity index (χ1v) is 8.40. The van der Waals surface area contributed by atoms with Crippen molar-refractivity contribution in [2.75, 3.05) is 31.1 Å². The van der Waals surface area contributed by atoms with Crippen molar-refractivity contribution in [3.63, 3.8) is 0 Å². The normalized spacial score (nSPS) is 14.9. The number of oxazole rings is 1. The maximum atomic E-state index is 12.5. The number of piperazine rings is 1. The lowest BCUT2D eigenvalue weighted by atomic mass is 10.1. The summed E-state index contributed by atoms with van der Waals surface area (Å²) >= 11 is 5.87. The van der Waals surface area contributed by atoms with Gasteiger partial charge in [-0.25, -0.2) is 4.79 Å². The highest BCUT2D eigenvalue weighted by molar-refractivity contribution is 6.30. The van der Waals surface area contributed by atoms with Gasteiger partial charge < -0.3 is 14.2 Å². The molecule has 0 atom stereocenters. The smallest absolute Gasteiger partial charge is 0.408 e. The molecule has 4 rings (SSSR count). The number of anilines is 1. The van der Waals surface area contributed by atoms with Crippen molar-refractivity contribution < 1.29 is 9.21 Å². The van der Waals surface area contributed by atoms with Gasteiger partial charge in [-0.05, 0) is 42.5 Å². The molecule has 0 unspecified atom stereocenters. The third kappa shape index (κ3) is 3.13. The van der Waals surface area contributed by atoms with E-state index in [1.54, 1.807) is 30.3 Å². The van der Waals surface area contributed by atoms with Crippen molar-refractivity contribution in [3.8, 4) is 0 Å². The lowest BCUT2D eigenvalue weighted by Gasteiger charge is -2.36. The molecule has 1 aliphatic rings. The van der Waals surface area contributed by atoms with Crippen LogP contribution < -0.4 is 10.7 Å². The second kappa shape index (κ2) is 6.29. The Balaban J connectivity index is 1.45.